The molecule has 158 valence electrons. The number of carbonyl (C=O) groups excluding carboxylic acids is 1. The average molecular weight is 417 g/mol. The van der Waals surface area contributed by atoms with Crippen molar-refractivity contribution in [3.63, 3.8) is 0 Å². The van der Waals surface area contributed by atoms with E-state index in [0.717, 1.165) is 59.1 Å². The van der Waals surface area contributed by atoms with Gasteiger partial charge in [-0.2, -0.15) is 0 Å². The number of hydrogen-bond donors (Lipinski definition) is 1. The maximum Gasteiger partial charge on any atom is 0.254 e. The summed E-state index contributed by atoms with van der Waals surface area (Å²) in [5.41, 5.74) is 4.31. The van der Waals surface area contributed by atoms with Crippen LogP contribution in [-0.2, 0) is 0 Å². The molecule has 0 bridgehead atoms. The monoisotopic (exact) mass is 417 g/mol. The number of halogens is 1. The minimum absolute atomic E-state index is 0.0723. The molecule has 6 heteroatoms. The van der Waals surface area contributed by atoms with Crippen LogP contribution < -0.4 is 4.74 Å². The Balaban J connectivity index is 1.50. The SMILES string of the molecule is COc1ccc(-c2ccc3[nH]c4cc(C(=O)N5CCN(C)CC5)ccc4c3c2)cc1F. The molecule has 4 aromatic rings. The molecule has 1 amide bonds. The van der Waals surface area contributed by atoms with Crippen molar-refractivity contribution in [3.05, 3.63) is 66.0 Å². The number of methoxy groups -OCH3 is 1. The van der Waals surface area contributed by atoms with Crippen molar-refractivity contribution in [1.29, 1.82) is 0 Å². The minimum Gasteiger partial charge on any atom is -0.494 e. The molecule has 1 fully saturated rings. The number of fused-ring (bicyclic) bond motifs is 3. The van der Waals surface area contributed by atoms with E-state index in [2.05, 4.69) is 23.0 Å². The second kappa shape index (κ2) is 7.71. The van der Waals surface area contributed by atoms with Crippen LogP contribution >= 0.6 is 0 Å². The summed E-state index contributed by atoms with van der Waals surface area (Å²) < 4.78 is 19.2. The van der Waals surface area contributed by atoms with Crippen LogP contribution in [0.2, 0.25) is 0 Å². The number of aromatic amines is 1. The molecule has 1 N–H and O–H groups in total. The van der Waals surface area contributed by atoms with Crippen LogP contribution in [-0.4, -0.2) is 61.0 Å². The molecular formula is C25H24FN3O2. The van der Waals surface area contributed by atoms with Crippen LogP contribution in [0.5, 0.6) is 5.75 Å². The highest BCUT2D eigenvalue weighted by atomic mass is 19.1. The number of likely N-dealkylation sites (N-methyl/N-ethyl adjacent to an activating group) is 1. The standard InChI is InChI=1S/C25H24FN3O2/c1-28-9-11-29(12-10-28)25(30)18-3-6-19-20-13-16(4-7-22(20)27-23(19)15-18)17-5-8-24(31-2)21(26)14-17/h3-8,13-15,27H,9-12H2,1-2H3. The largest absolute Gasteiger partial charge is 0.494 e. The number of amides is 1. The van der Waals surface area contributed by atoms with E-state index >= 15 is 0 Å². The van der Waals surface area contributed by atoms with E-state index in [-0.39, 0.29) is 17.5 Å². The molecule has 0 radical (unpaired) electrons. The van der Waals surface area contributed by atoms with Gasteiger partial charge in [0.15, 0.2) is 11.6 Å². The van der Waals surface area contributed by atoms with E-state index in [1.807, 2.05) is 41.3 Å². The summed E-state index contributed by atoms with van der Waals surface area (Å²) in [6.07, 6.45) is 0. The summed E-state index contributed by atoms with van der Waals surface area (Å²) in [6.45, 7) is 3.30. The highest BCUT2D eigenvalue weighted by Crippen LogP contribution is 2.32. The molecule has 0 atom stereocenters. The number of hydrogen-bond acceptors (Lipinski definition) is 3. The summed E-state index contributed by atoms with van der Waals surface area (Å²) >= 11 is 0. The van der Waals surface area contributed by atoms with E-state index in [4.69, 9.17) is 4.74 Å². The number of nitrogens with zero attached hydrogens (tertiary/aromatic N) is 2. The van der Waals surface area contributed by atoms with Crippen molar-refractivity contribution >= 4 is 27.7 Å². The molecule has 1 aliphatic rings. The van der Waals surface area contributed by atoms with Gasteiger partial charge in [0.25, 0.3) is 5.91 Å². The number of benzene rings is 3. The highest BCUT2D eigenvalue weighted by molar-refractivity contribution is 6.10. The maximum absolute atomic E-state index is 14.2. The molecule has 1 aliphatic heterocycles. The Bertz CT molecular complexity index is 1290. The van der Waals surface area contributed by atoms with E-state index in [9.17, 15) is 9.18 Å². The van der Waals surface area contributed by atoms with Crippen molar-refractivity contribution in [1.82, 2.24) is 14.8 Å². The summed E-state index contributed by atoms with van der Waals surface area (Å²) in [5, 5.41) is 2.09. The number of nitrogens with one attached hydrogen (secondary N) is 1. The first kappa shape index (κ1) is 19.6. The molecule has 0 aliphatic carbocycles. The zero-order chi connectivity index (χ0) is 21.5. The zero-order valence-electron chi connectivity index (χ0n) is 17.6. The number of aromatic nitrogens is 1. The molecule has 1 saturated heterocycles. The van der Waals surface area contributed by atoms with Crippen molar-refractivity contribution in [2.45, 2.75) is 0 Å². The minimum atomic E-state index is -0.383. The van der Waals surface area contributed by atoms with Gasteiger partial charge in [0.05, 0.1) is 7.11 Å². The van der Waals surface area contributed by atoms with E-state index in [0.29, 0.717) is 5.56 Å². The van der Waals surface area contributed by atoms with Gasteiger partial charge in [-0.25, -0.2) is 4.39 Å². The lowest BCUT2D eigenvalue weighted by Crippen LogP contribution is -2.47. The summed E-state index contributed by atoms with van der Waals surface area (Å²) in [5.74, 6) is -0.0800. The molecule has 0 saturated carbocycles. The molecular weight excluding hydrogens is 393 g/mol. The quantitative estimate of drug-likeness (QED) is 0.533. The average Bonchev–Trinajstić information content (AvgIpc) is 3.16. The fourth-order valence-electron chi connectivity index (χ4n) is 4.25. The molecule has 0 spiro atoms. The molecule has 0 unspecified atom stereocenters. The van der Waals surface area contributed by atoms with Gasteiger partial charge in [0.2, 0.25) is 0 Å². The Kier molecular flexibility index (Phi) is 4.87. The molecule has 3 aromatic carbocycles. The number of carbonyl (C=O) groups is 1. The smallest absolute Gasteiger partial charge is 0.254 e. The first-order valence-electron chi connectivity index (χ1n) is 10.4. The third kappa shape index (κ3) is 3.53. The van der Waals surface area contributed by atoms with E-state index < -0.39 is 0 Å². The van der Waals surface area contributed by atoms with Crippen LogP contribution in [0.15, 0.2) is 54.6 Å². The summed E-state index contributed by atoms with van der Waals surface area (Å²) in [6, 6.07) is 16.8. The van der Waals surface area contributed by atoms with Gasteiger partial charge in [-0.15, -0.1) is 0 Å². The first-order chi connectivity index (χ1) is 15.0. The predicted octanol–water partition coefficient (Wildman–Crippen LogP) is 4.52. The normalized spacial score (nSPS) is 15.0. The fourth-order valence-corrected chi connectivity index (χ4v) is 4.25. The lowest BCUT2D eigenvalue weighted by Gasteiger charge is -2.32. The van der Waals surface area contributed by atoms with E-state index in [1.54, 1.807) is 6.07 Å². The molecule has 2 heterocycles. The molecule has 5 nitrogen and oxygen atoms in total. The zero-order valence-corrected chi connectivity index (χ0v) is 17.6. The topological polar surface area (TPSA) is 48.6 Å². The van der Waals surface area contributed by atoms with Crippen molar-refractivity contribution < 1.29 is 13.9 Å². The van der Waals surface area contributed by atoms with Gasteiger partial charge in [-0.3, -0.25) is 4.79 Å². The van der Waals surface area contributed by atoms with Gasteiger partial charge in [-0.05, 0) is 54.6 Å². The highest BCUT2D eigenvalue weighted by Gasteiger charge is 2.21. The first-order valence-corrected chi connectivity index (χ1v) is 10.4. The number of piperazine rings is 1. The second-order valence-corrected chi connectivity index (χ2v) is 8.09. The van der Waals surface area contributed by atoms with Crippen molar-refractivity contribution in [2.75, 3.05) is 40.3 Å². The lowest BCUT2D eigenvalue weighted by atomic mass is 10.0. The lowest BCUT2D eigenvalue weighted by molar-refractivity contribution is 0.0664. The van der Waals surface area contributed by atoms with Gasteiger partial charge >= 0.3 is 0 Å². The van der Waals surface area contributed by atoms with Crippen LogP contribution in [0.4, 0.5) is 4.39 Å². The van der Waals surface area contributed by atoms with Gasteiger partial charge in [-0.1, -0.05) is 18.2 Å². The number of ether oxygens (including phenoxy) is 1. The van der Waals surface area contributed by atoms with Gasteiger partial charge in [0, 0.05) is 53.5 Å². The predicted molar refractivity (Wildman–Crippen MR) is 121 cm³/mol. The third-order valence-electron chi connectivity index (χ3n) is 6.12. The Morgan fingerprint density at radius 1 is 0.903 bits per heavy atom. The fraction of sp³-hybridized carbons (Fsp3) is 0.240. The molecule has 31 heavy (non-hydrogen) atoms. The van der Waals surface area contributed by atoms with Gasteiger partial charge < -0.3 is 19.5 Å². The Morgan fingerprint density at radius 3 is 2.39 bits per heavy atom. The summed E-state index contributed by atoms with van der Waals surface area (Å²) in [7, 11) is 3.53. The number of H-pyrrole nitrogens is 1. The molecule has 1 aromatic heterocycles. The van der Waals surface area contributed by atoms with Crippen LogP contribution in [0.25, 0.3) is 32.9 Å². The van der Waals surface area contributed by atoms with Crippen molar-refractivity contribution in [2.24, 2.45) is 0 Å². The van der Waals surface area contributed by atoms with Crippen molar-refractivity contribution in [3.8, 4) is 16.9 Å². The van der Waals surface area contributed by atoms with Crippen LogP contribution in [0.3, 0.4) is 0 Å². The second-order valence-electron chi connectivity index (χ2n) is 8.09. The Hall–Kier alpha value is -3.38. The maximum atomic E-state index is 14.2. The summed E-state index contributed by atoms with van der Waals surface area (Å²) in [4.78, 5) is 20.5. The number of rotatable bonds is 3. The van der Waals surface area contributed by atoms with Gasteiger partial charge in [0.1, 0.15) is 0 Å². The van der Waals surface area contributed by atoms with E-state index in [1.165, 1.54) is 13.2 Å². The Labute approximate surface area is 180 Å². The van der Waals surface area contributed by atoms with Crippen LogP contribution in [0.1, 0.15) is 10.4 Å². The third-order valence-corrected chi connectivity index (χ3v) is 6.12. The Morgan fingerprint density at radius 2 is 1.65 bits per heavy atom. The van der Waals surface area contributed by atoms with Crippen LogP contribution in [0, 0.1) is 5.82 Å². The molecule has 5 rings (SSSR count).